The number of nitrogens with one attached hydrogen (secondary N) is 1. The molecule has 134 valence electrons. The largest absolute Gasteiger partial charge is 0.325 e. The van der Waals surface area contributed by atoms with Crippen LogP contribution in [0.25, 0.3) is 0 Å². The van der Waals surface area contributed by atoms with Gasteiger partial charge in [-0.3, -0.25) is 14.5 Å². The number of nitrogens with zero attached hydrogens (tertiary/aromatic N) is 2. The van der Waals surface area contributed by atoms with E-state index in [0.717, 1.165) is 3.57 Å². The minimum Gasteiger partial charge on any atom is -0.325 e. The average Bonchev–Trinajstić information content (AvgIpc) is 2.62. The summed E-state index contributed by atoms with van der Waals surface area (Å²) in [5, 5.41) is 3.44. The first-order chi connectivity index (χ1) is 12.4. The quantitative estimate of drug-likeness (QED) is 0.631. The number of anilines is 1. The van der Waals surface area contributed by atoms with Gasteiger partial charge in [-0.05, 0) is 71.1 Å². The number of carbonyl (C=O) groups excluding carboxylic acids is 2. The van der Waals surface area contributed by atoms with Crippen LogP contribution in [0.4, 0.5) is 11.4 Å². The van der Waals surface area contributed by atoms with E-state index in [-0.39, 0.29) is 18.2 Å². The molecule has 1 N–H and O–H groups in total. The highest BCUT2D eigenvalue weighted by Crippen LogP contribution is 2.29. The Balaban J connectivity index is 1.76. The third kappa shape index (κ3) is 4.77. The van der Waals surface area contributed by atoms with E-state index >= 15 is 0 Å². The van der Waals surface area contributed by atoms with Crippen molar-refractivity contribution in [3.05, 3.63) is 57.1 Å². The fourth-order valence-electron chi connectivity index (χ4n) is 2.28. The van der Waals surface area contributed by atoms with Crippen molar-refractivity contribution in [1.82, 2.24) is 4.90 Å². The highest BCUT2D eigenvalue weighted by atomic mass is 127. The molecule has 3 rings (SSSR count). The molecule has 2 amide bonds. The third-order valence-electron chi connectivity index (χ3n) is 3.72. The summed E-state index contributed by atoms with van der Waals surface area (Å²) in [7, 11) is 1.66. The monoisotopic (exact) mass is 499 g/mol. The van der Waals surface area contributed by atoms with Gasteiger partial charge in [0.2, 0.25) is 11.8 Å². The maximum Gasteiger partial charge on any atom is 0.238 e. The van der Waals surface area contributed by atoms with E-state index in [4.69, 9.17) is 11.6 Å². The van der Waals surface area contributed by atoms with Crippen LogP contribution >= 0.6 is 46.0 Å². The maximum absolute atomic E-state index is 12.6. The van der Waals surface area contributed by atoms with Crippen LogP contribution in [0.15, 0.2) is 53.5 Å². The van der Waals surface area contributed by atoms with Crippen molar-refractivity contribution in [2.24, 2.45) is 4.99 Å². The van der Waals surface area contributed by atoms with E-state index < -0.39 is 5.25 Å². The zero-order valence-corrected chi connectivity index (χ0v) is 17.5. The number of benzene rings is 2. The molecule has 0 radical (unpaired) electrons. The van der Waals surface area contributed by atoms with Crippen molar-refractivity contribution >= 4 is 74.3 Å². The molecule has 0 unspecified atom stereocenters. The van der Waals surface area contributed by atoms with Gasteiger partial charge in [0, 0.05) is 27.7 Å². The fraction of sp³-hybridized carbons (Fsp3) is 0.167. The molecule has 0 saturated carbocycles. The van der Waals surface area contributed by atoms with Gasteiger partial charge in [-0.1, -0.05) is 23.4 Å². The standard InChI is InChI=1S/C18H15ClIN3O2S/c1-23-16(24)10-15(17(25)21-13-8-4-12(20)5-9-13)26-18(23)22-14-6-2-11(19)3-7-14/h2-9,15H,10H2,1H3,(H,21,25)/t15-/m1/s1. The van der Waals surface area contributed by atoms with E-state index in [1.54, 1.807) is 31.3 Å². The van der Waals surface area contributed by atoms with Crippen molar-refractivity contribution in [2.45, 2.75) is 11.7 Å². The first kappa shape index (κ1) is 19.2. The molecular weight excluding hydrogens is 485 g/mol. The van der Waals surface area contributed by atoms with Crippen LogP contribution < -0.4 is 5.32 Å². The van der Waals surface area contributed by atoms with Crippen molar-refractivity contribution < 1.29 is 9.59 Å². The van der Waals surface area contributed by atoms with E-state index in [0.29, 0.717) is 21.6 Å². The van der Waals surface area contributed by atoms with Crippen LogP contribution in [0.3, 0.4) is 0 Å². The van der Waals surface area contributed by atoms with E-state index in [9.17, 15) is 9.59 Å². The SMILES string of the molecule is CN1C(=O)C[C@H](C(=O)Nc2ccc(I)cc2)SC1=Nc1ccc(Cl)cc1. The molecule has 2 aromatic carbocycles. The number of carbonyl (C=O) groups is 2. The summed E-state index contributed by atoms with van der Waals surface area (Å²) >= 11 is 9.37. The zero-order valence-electron chi connectivity index (χ0n) is 13.8. The fourth-order valence-corrected chi connectivity index (χ4v) is 3.83. The first-order valence-corrected chi connectivity index (χ1v) is 10.1. The van der Waals surface area contributed by atoms with E-state index in [1.807, 2.05) is 24.3 Å². The molecule has 1 aliphatic heterocycles. The molecule has 0 aliphatic carbocycles. The molecule has 2 aromatic rings. The number of hydrogen-bond acceptors (Lipinski definition) is 4. The summed E-state index contributed by atoms with van der Waals surface area (Å²) in [6.07, 6.45) is 0.136. The minimum atomic E-state index is -0.524. The van der Waals surface area contributed by atoms with Gasteiger partial charge in [0.25, 0.3) is 0 Å². The van der Waals surface area contributed by atoms with Crippen LogP contribution in [0.5, 0.6) is 0 Å². The molecule has 0 spiro atoms. The summed E-state index contributed by atoms with van der Waals surface area (Å²) in [5.41, 5.74) is 1.38. The van der Waals surface area contributed by atoms with Gasteiger partial charge in [0.05, 0.1) is 5.69 Å². The van der Waals surface area contributed by atoms with Crippen molar-refractivity contribution in [3.63, 3.8) is 0 Å². The number of halogens is 2. The summed E-state index contributed by atoms with van der Waals surface area (Å²) in [6.45, 7) is 0. The van der Waals surface area contributed by atoms with E-state index in [1.165, 1.54) is 16.7 Å². The number of amides is 2. The number of hydrogen-bond donors (Lipinski definition) is 1. The van der Waals surface area contributed by atoms with Gasteiger partial charge in [-0.2, -0.15) is 0 Å². The van der Waals surface area contributed by atoms with Crippen LogP contribution in [0, 0.1) is 3.57 Å². The topological polar surface area (TPSA) is 61.8 Å². The van der Waals surface area contributed by atoms with Gasteiger partial charge < -0.3 is 5.32 Å². The third-order valence-corrected chi connectivity index (χ3v) is 5.94. The van der Waals surface area contributed by atoms with Crippen molar-refractivity contribution in [3.8, 4) is 0 Å². The number of amidine groups is 1. The molecule has 26 heavy (non-hydrogen) atoms. The van der Waals surface area contributed by atoms with Gasteiger partial charge in [0.15, 0.2) is 5.17 Å². The highest BCUT2D eigenvalue weighted by molar-refractivity contribution is 14.1. The van der Waals surface area contributed by atoms with E-state index in [2.05, 4.69) is 32.9 Å². The lowest BCUT2D eigenvalue weighted by Crippen LogP contribution is -2.43. The lowest BCUT2D eigenvalue weighted by atomic mass is 10.2. The predicted octanol–water partition coefficient (Wildman–Crippen LogP) is 4.53. The molecule has 8 heteroatoms. The lowest BCUT2D eigenvalue weighted by Gasteiger charge is -2.28. The zero-order chi connectivity index (χ0) is 18.7. The maximum atomic E-state index is 12.6. The second-order valence-electron chi connectivity index (χ2n) is 5.63. The molecule has 1 saturated heterocycles. The second-order valence-corrected chi connectivity index (χ2v) is 8.48. The van der Waals surface area contributed by atoms with Crippen molar-refractivity contribution in [2.75, 3.05) is 12.4 Å². The summed E-state index contributed by atoms with van der Waals surface area (Å²) < 4.78 is 1.09. The van der Waals surface area contributed by atoms with Gasteiger partial charge in [-0.15, -0.1) is 0 Å². The minimum absolute atomic E-state index is 0.136. The Morgan fingerprint density at radius 2 is 1.88 bits per heavy atom. The Labute approximate surface area is 174 Å². The highest BCUT2D eigenvalue weighted by Gasteiger charge is 2.34. The van der Waals surface area contributed by atoms with Gasteiger partial charge in [0.1, 0.15) is 5.25 Å². The Morgan fingerprint density at radius 1 is 1.23 bits per heavy atom. The first-order valence-electron chi connectivity index (χ1n) is 7.76. The van der Waals surface area contributed by atoms with Gasteiger partial charge in [-0.25, -0.2) is 4.99 Å². The number of thioether (sulfide) groups is 1. The molecular formula is C18H15ClIN3O2S. The molecule has 1 atom stereocenters. The molecule has 1 fully saturated rings. The van der Waals surface area contributed by atoms with Crippen molar-refractivity contribution in [1.29, 1.82) is 0 Å². The lowest BCUT2D eigenvalue weighted by molar-refractivity contribution is -0.128. The number of rotatable bonds is 3. The molecule has 0 aromatic heterocycles. The smallest absolute Gasteiger partial charge is 0.238 e. The predicted molar refractivity (Wildman–Crippen MR) is 115 cm³/mol. The van der Waals surface area contributed by atoms with Crippen LogP contribution in [-0.2, 0) is 9.59 Å². The van der Waals surface area contributed by atoms with Crippen LogP contribution in [0.1, 0.15) is 6.42 Å². The summed E-state index contributed by atoms with van der Waals surface area (Å²) in [6, 6.07) is 14.5. The van der Waals surface area contributed by atoms with Crippen LogP contribution in [0.2, 0.25) is 5.02 Å². The Bertz CT molecular complexity index is 856. The van der Waals surface area contributed by atoms with Crippen LogP contribution in [-0.4, -0.2) is 34.2 Å². The molecule has 0 bridgehead atoms. The second kappa shape index (κ2) is 8.41. The summed E-state index contributed by atoms with van der Waals surface area (Å²) in [4.78, 5) is 30.8. The average molecular weight is 500 g/mol. The molecule has 1 heterocycles. The number of aliphatic imine (C=N–C) groups is 1. The summed E-state index contributed by atoms with van der Waals surface area (Å²) in [5.74, 6) is -0.347. The molecule has 1 aliphatic rings. The van der Waals surface area contributed by atoms with Gasteiger partial charge >= 0.3 is 0 Å². The normalized spacial score (nSPS) is 18.9. The Morgan fingerprint density at radius 3 is 2.54 bits per heavy atom. The Hall–Kier alpha value is -1.58. The Kier molecular flexibility index (Phi) is 6.20. The molecule has 5 nitrogen and oxygen atoms in total.